The van der Waals surface area contributed by atoms with E-state index in [2.05, 4.69) is 22.1 Å². The third kappa shape index (κ3) is 3.71. The highest BCUT2D eigenvalue weighted by Gasteiger charge is 2.18. The van der Waals surface area contributed by atoms with Gasteiger partial charge in [0.2, 0.25) is 0 Å². The first-order valence-electron chi connectivity index (χ1n) is 6.73. The molecule has 1 atom stereocenters. The van der Waals surface area contributed by atoms with E-state index in [-0.39, 0.29) is 0 Å². The molecule has 5 nitrogen and oxygen atoms in total. The van der Waals surface area contributed by atoms with Gasteiger partial charge in [0.15, 0.2) is 0 Å². The van der Waals surface area contributed by atoms with E-state index in [1.54, 1.807) is 6.26 Å². The van der Waals surface area contributed by atoms with Gasteiger partial charge in [-0.25, -0.2) is 0 Å². The van der Waals surface area contributed by atoms with Gasteiger partial charge in [0.1, 0.15) is 6.26 Å². The topological polar surface area (TPSA) is 50.5 Å². The van der Waals surface area contributed by atoms with Crippen molar-refractivity contribution >= 4 is 6.01 Å². The van der Waals surface area contributed by atoms with Gasteiger partial charge >= 0.3 is 0 Å². The van der Waals surface area contributed by atoms with E-state index in [1.165, 1.54) is 6.42 Å². The summed E-state index contributed by atoms with van der Waals surface area (Å²) in [4.78, 5) is 6.55. The standard InChI is InChI=1S/C13H23N3O2/c1-3-14-7-12-10-18-13(15-12)16(2)8-11-5-4-6-17-9-11/h10-11,14H,3-9H2,1-2H3. The van der Waals surface area contributed by atoms with Crippen LogP contribution in [0.1, 0.15) is 25.5 Å². The Morgan fingerprint density at radius 3 is 3.17 bits per heavy atom. The summed E-state index contributed by atoms with van der Waals surface area (Å²) in [5.74, 6) is 0.591. The molecule has 5 heteroatoms. The zero-order chi connectivity index (χ0) is 12.8. The molecule has 1 aromatic rings. The lowest BCUT2D eigenvalue weighted by atomic mass is 10.0. The first-order chi connectivity index (χ1) is 8.79. The number of aromatic nitrogens is 1. The monoisotopic (exact) mass is 253 g/mol. The zero-order valence-corrected chi connectivity index (χ0v) is 11.3. The van der Waals surface area contributed by atoms with E-state index in [0.29, 0.717) is 11.9 Å². The van der Waals surface area contributed by atoms with Gasteiger partial charge in [-0.1, -0.05) is 6.92 Å². The summed E-state index contributed by atoms with van der Waals surface area (Å²) in [6, 6.07) is 0.702. The molecule has 1 unspecified atom stereocenters. The number of nitrogens with one attached hydrogen (secondary N) is 1. The minimum Gasteiger partial charge on any atom is -0.432 e. The maximum Gasteiger partial charge on any atom is 0.297 e. The molecule has 0 bridgehead atoms. The summed E-state index contributed by atoms with van der Waals surface area (Å²) >= 11 is 0. The van der Waals surface area contributed by atoms with Crippen LogP contribution in [-0.2, 0) is 11.3 Å². The van der Waals surface area contributed by atoms with Crippen molar-refractivity contribution in [2.75, 3.05) is 38.3 Å². The van der Waals surface area contributed by atoms with Crippen LogP contribution in [0.2, 0.25) is 0 Å². The largest absolute Gasteiger partial charge is 0.432 e. The zero-order valence-electron chi connectivity index (χ0n) is 11.3. The Morgan fingerprint density at radius 1 is 1.56 bits per heavy atom. The maximum absolute atomic E-state index is 5.50. The van der Waals surface area contributed by atoms with Crippen LogP contribution in [0.25, 0.3) is 0 Å². The molecule has 2 rings (SSSR count). The highest BCUT2D eigenvalue weighted by Crippen LogP contribution is 2.18. The SMILES string of the molecule is CCNCc1coc(N(C)CC2CCCOC2)n1. The third-order valence-electron chi connectivity index (χ3n) is 3.21. The minimum atomic E-state index is 0.591. The summed E-state index contributed by atoms with van der Waals surface area (Å²) in [5.41, 5.74) is 0.957. The Balaban J connectivity index is 1.83. The van der Waals surface area contributed by atoms with Crippen molar-refractivity contribution in [1.29, 1.82) is 0 Å². The number of ether oxygens (including phenoxy) is 1. The van der Waals surface area contributed by atoms with Crippen molar-refractivity contribution in [3.63, 3.8) is 0 Å². The molecule has 2 heterocycles. The molecular formula is C13H23N3O2. The van der Waals surface area contributed by atoms with E-state index in [9.17, 15) is 0 Å². The predicted molar refractivity (Wildman–Crippen MR) is 70.7 cm³/mol. The van der Waals surface area contributed by atoms with Gasteiger partial charge in [0.05, 0.1) is 12.3 Å². The van der Waals surface area contributed by atoms with Gasteiger partial charge in [0.25, 0.3) is 6.01 Å². The second kappa shape index (κ2) is 6.75. The fourth-order valence-electron chi connectivity index (χ4n) is 2.22. The molecule has 18 heavy (non-hydrogen) atoms. The predicted octanol–water partition coefficient (Wildman–Crippen LogP) is 1.65. The fourth-order valence-corrected chi connectivity index (χ4v) is 2.22. The van der Waals surface area contributed by atoms with Crippen molar-refractivity contribution in [2.24, 2.45) is 5.92 Å². The Morgan fingerprint density at radius 2 is 2.44 bits per heavy atom. The lowest BCUT2D eigenvalue weighted by molar-refractivity contribution is 0.0573. The Kier molecular flexibility index (Phi) is 5.01. The van der Waals surface area contributed by atoms with Crippen LogP contribution in [0.5, 0.6) is 0 Å². The number of hydrogen-bond donors (Lipinski definition) is 1. The normalized spacial score (nSPS) is 20.0. The molecule has 0 saturated carbocycles. The Bertz CT molecular complexity index is 348. The number of nitrogens with zero attached hydrogens (tertiary/aromatic N) is 2. The molecule has 1 aliphatic rings. The molecule has 1 fully saturated rings. The Labute approximate surface area is 109 Å². The van der Waals surface area contributed by atoms with Gasteiger partial charge in [-0.3, -0.25) is 0 Å². The second-order valence-electron chi connectivity index (χ2n) is 4.87. The van der Waals surface area contributed by atoms with Crippen molar-refractivity contribution in [3.05, 3.63) is 12.0 Å². The highest BCUT2D eigenvalue weighted by molar-refractivity contribution is 5.25. The van der Waals surface area contributed by atoms with Crippen LogP contribution in [0.3, 0.4) is 0 Å². The maximum atomic E-state index is 5.50. The summed E-state index contributed by atoms with van der Waals surface area (Å²) in [5, 5.41) is 3.24. The van der Waals surface area contributed by atoms with Crippen LogP contribution in [-0.4, -0.2) is 38.3 Å². The lowest BCUT2D eigenvalue weighted by Gasteiger charge is -2.26. The van der Waals surface area contributed by atoms with Crippen LogP contribution in [0.15, 0.2) is 10.7 Å². The minimum absolute atomic E-state index is 0.591. The first kappa shape index (κ1) is 13.4. The molecule has 0 amide bonds. The number of hydrogen-bond acceptors (Lipinski definition) is 5. The summed E-state index contributed by atoms with van der Waals surface area (Å²) < 4.78 is 11.0. The van der Waals surface area contributed by atoms with E-state index in [4.69, 9.17) is 9.15 Å². The molecule has 102 valence electrons. The van der Waals surface area contributed by atoms with Gasteiger partial charge < -0.3 is 19.4 Å². The lowest BCUT2D eigenvalue weighted by Crippen LogP contribution is -2.31. The third-order valence-corrected chi connectivity index (χ3v) is 3.21. The smallest absolute Gasteiger partial charge is 0.297 e. The number of oxazole rings is 1. The number of rotatable bonds is 6. The van der Waals surface area contributed by atoms with Gasteiger partial charge in [-0.15, -0.1) is 0 Å². The number of anilines is 1. The van der Waals surface area contributed by atoms with Crippen molar-refractivity contribution in [3.8, 4) is 0 Å². The molecule has 1 aliphatic heterocycles. The van der Waals surface area contributed by atoms with Gasteiger partial charge in [-0.2, -0.15) is 4.98 Å². The average molecular weight is 253 g/mol. The average Bonchev–Trinajstić information content (AvgIpc) is 2.86. The van der Waals surface area contributed by atoms with E-state index in [1.807, 2.05) is 7.05 Å². The fraction of sp³-hybridized carbons (Fsp3) is 0.769. The Hall–Kier alpha value is -1.07. The summed E-state index contributed by atoms with van der Waals surface area (Å²) in [6.07, 6.45) is 4.12. The van der Waals surface area contributed by atoms with Gasteiger partial charge in [0, 0.05) is 32.7 Å². The molecule has 0 aliphatic carbocycles. The highest BCUT2D eigenvalue weighted by atomic mass is 16.5. The van der Waals surface area contributed by atoms with Crippen LogP contribution in [0.4, 0.5) is 6.01 Å². The van der Waals surface area contributed by atoms with E-state index >= 15 is 0 Å². The van der Waals surface area contributed by atoms with Crippen molar-refractivity contribution in [2.45, 2.75) is 26.3 Å². The second-order valence-corrected chi connectivity index (χ2v) is 4.87. The van der Waals surface area contributed by atoms with Crippen LogP contribution < -0.4 is 10.2 Å². The molecule has 0 radical (unpaired) electrons. The molecule has 0 spiro atoms. The van der Waals surface area contributed by atoms with E-state index < -0.39 is 0 Å². The quantitative estimate of drug-likeness (QED) is 0.835. The van der Waals surface area contributed by atoms with Crippen molar-refractivity contribution in [1.82, 2.24) is 10.3 Å². The molecule has 1 N–H and O–H groups in total. The first-order valence-corrected chi connectivity index (χ1v) is 6.73. The molecule has 1 saturated heterocycles. The molecule has 0 aromatic carbocycles. The van der Waals surface area contributed by atoms with Crippen LogP contribution >= 0.6 is 0 Å². The van der Waals surface area contributed by atoms with E-state index in [0.717, 1.165) is 45.0 Å². The van der Waals surface area contributed by atoms with Crippen LogP contribution in [0, 0.1) is 5.92 Å². The molecule has 1 aromatic heterocycles. The molecular weight excluding hydrogens is 230 g/mol. The van der Waals surface area contributed by atoms with Gasteiger partial charge in [-0.05, 0) is 19.4 Å². The van der Waals surface area contributed by atoms with Crippen molar-refractivity contribution < 1.29 is 9.15 Å². The summed E-state index contributed by atoms with van der Waals surface area (Å²) in [6.45, 7) is 6.50. The summed E-state index contributed by atoms with van der Waals surface area (Å²) in [7, 11) is 2.03.